The molecule has 0 saturated heterocycles. The summed E-state index contributed by atoms with van der Waals surface area (Å²) >= 11 is 0. The Bertz CT molecular complexity index is 322. The maximum atomic E-state index is 9.52. The lowest BCUT2D eigenvalue weighted by atomic mass is 10.1. The van der Waals surface area contributed by atoms with E-state index in [1.807, 2.05) is 6.07 Å². The van der Waals surface area contributed by atoms with Crippen LogP contribution in [0.1, 0.15) is 17.2 Å². The SMILES string of the molecule is COc1ccc2c(c1)C[C@@H](O)[C@@H]2O. The fourth-order valence-electron chi connectivity index (χ4n) is 1.72. The van der Waals surface area contributed by atoms with Crippen LogP contribution in [-0.4, -0.2) is 23.4 Å². The summed E-state index contributed by atoms with van der Waals surface area (Å²) in [6, 6.07) is 5.45. The van der Waals surface area contributed by atoms with E-state index in [1.54, 1.807) is 19.2 Å². The van der Waals surface area contributed by atoms with Crippen LogP contribution < -0.4 is 4.74 Å². The molecule has 0 aromatic heterocycles. The normalized spacial score (nSPS) is 25.8. The molecule has 0 amide bonds. The molecular formula is C10H12O3. The summed E-state index contributed by atoms with van der Waals surface area (Å²) in [6.07, 6.45) is -0.892. The zero-order valence-corrected chi connectivity index (χ0v) is 7.40. The molecular weight excluding hydrogens is 168 g/mol. The molecule has 1 aromatic carbocycles. The molecule has 0 saturated carbocycles. The van der Waals surface area contributed by atoms with Crippen molar-refractivity contribution in [2.45, 2.75) is 18.6 Å². The number of benzene rings is 1. The second-order valence-corrected chi connectivity index (χ2v) is 3.28. The Morgan fingerprint density at radius 1 is 1.38 bits per heavy atom. The molecule has 2 atom stereocenters. The fourth-order valence-corrected chi connectivity index (χ4v) is 1.72. The topological polar surface area (TPSA) is 49.7 Å². The first-order valence-corrected chi connectivity index (χ1v) is 4.25. The van der Waals surface area contributed by atoms with Crippen LogP contribution in [0.25, 0.3) is 0 Å². The zero-order chi connectivity index (χ0) is 9.42. The van der Waals surface area contributed by atoms with E-state index in [-0.39, 0.29) is 0 Å². The maximum Gasteiger partial charge on any atom is 0.119 e. The van der Waals surface area contributed by atoms with Gasteiger partial charge in [-0.3, -0.25) is 0 Å². The summed E-state index contributed by atoms with van der Waals surface area (Å²) in [7, 11) is 1.60. The van der Waals surface area contributed by atoms with Gasteiger partial charge in [0.1, 0.15) is 11.9 Å². The first-order chi connectivity index (χ1) is 6.22. The average Bonchev–Trinajstić information content (AvgIpc) is 2.42. The molecule has 0 bridgehead atoms. The lowest BCUT2D eigenvalue weighted by molar-refractivity contribution is 0.0326. The molecule has 0 unspecified atom stereocenters. The summed E-state index contributed by atoms with van der Waals surface area (Å²) in [4.78, 5) is 0. The van der Waals surface area contributed by atoms with Gasteiger partial charge in [0.15, 0.2) is 0 Å². The van der Waals surface area contributed by atoms with Crippen molar-refractivity contribution in [3.8, 4) is 5.75 Å². The highest BCUT2D eigenvalue weighted by Crippen LogP contribution is 2.33. The molecule has 0 spiro atoms. The molecule has 70 valence electrons. The summed E-state index contributed by atoms with van der Waals surface area (Å²) < 4.78 is 5.05. The van der Waals surface area contributed by atoms with Crippen LogP contribution >= 0.6 is 0 Å². The number of aliphatic hydroxyl groups excluding tert-OH is 2. The Hall–Kier alpha value is -1.06. The predicted octanol–water partition coefficient (Wildman–Crippen LogP) is 0.646. The van der Waals surface area contributed by atoms with Gasteiger partial charge in [-0.2, -0.15) is 0 Å². The molecule has 13 heavy (non-hydrogen) atoms. The Labute approximate surface area is 76.6 Å². The molecule has 3 heteroatoms. The highest BCUT2D eigenvalue weighted by atomic mass is 16.5. The van der Waals surface area contributed by atoms with E-state index in [2.05, 4.69) is 0 Å². The third kappa shape index (κ3) is 1.30. The first kappa shape index (κ1) is 8.53. The smallest absolute Gasteiger partial charge is 0.119 e. The molecule has 0 radical (unpaired) electrons. The van der Waals surface area contributed by atoms with E-state index >= 15 is 0 Å². The number of methoxy groups -OCH3 is 1. The minimum Gasteiger partial charge on any atom is -0.497 e. The average molecular weight is 180 g/mol. The summed E-state index contributed by atoms with van der Waals surface area (Å²) in [5.41, 5.74) is 1.78. The van der Waals surface area contributed by atoms with Crippen LogP contribution in [0.4, 0.5) is 0 Å². The standard InChI is InChI=1S/C10H12O3/c1-13-7-2-3-8-6(4-7)5-9(11)10(8)12/h2-4,9-12H,5H2,1H3/t9-,10-/m1/s1. The van der Waals surface area contributed by atoms with E-state index in [0.717, 1.165) is 16.9 Å². The second kappa shape index (κ2) is 3.01. The number of hydrogen-bond donors (Lipinski definition) is 2. The monoisotopic (exact) mass is 180 g/mol. The van der Waals surface area contributed by atoms with Crippen LogP contribution in [0, 0.1) is 0 Å². The minimum atomic E-state index is -0.735. The van der Waals surface area contributed by atoms with Crippen LogP contribution in [0.3, 0.4) is 0 Å². The number of rotatable bonds is 1. The highest BCUT2D eigenvalue weighted by molar-refractivity contribution is 5.41. The predicted molar refractivity (Wildman–Crippen MR) is 47.7 cm³/mol. The molecule has 0 heterocycles. The fraction of sp³-hybridized carbons (Fsp3) is 0.400. The van der Waals surface area contributed by atoms with Gasteiger partial charge >= 0.3 is 0 Å². The van der Waals surface area contributed by atoms with E-state index in [4.69, 9.17) is 4.74 Å². The molecule has 2 N–H and O–H groups in total. The van der Waals surface area contributed by atoms with Gasteiger partial charge in [-0.05, 0) is 23.3 Å². The van der Waals surface area contributed by atoms with Crippen molar-refractivity contribution in [2.24, 2.45) is 0 Å². The zero-order valence-electron chi connectivity index (χ0n) is 7.40. The van der Waals surface area contributed by atoms with E-state index in [0.29, 0.717) is 6.42 Å². The van der Waals surface area contributed by atoms with Gasteiger partial charge in [-0.25, -0.2) is 0 Å². The van der Waals surface area contributed by atoms with E-state index in [9.17, 15) is 10.2 Å². The minimum absolute atomic E-state index is 0.508. The van der Waals surface area contributed by atoms with Gasteiger partial charge in [0.25, 0.3) is 0 Å². The molecule has 1 aromatic rings. The van der Waals surface area contributed by atoms with Crippen molar-refractivity contribution < 1.29 is 14.9 Å². The molecule has 0 aliphatic heterocycles. The third-order valence-corrected chi connectivity index (χ3v) is 2.46. The Kier molecular flexibility index (Phi) is 1.98. The molecule has 2 rings (SSSR count). The summed E-state index contributed by atoms with van der Waals surface area (Å²) in [6.45, 7) is 0. The van der Waals surface area contributed by atoms with Crippen molar-refractivity contribution >= 4 is 0 Å². The molecule has 0 fully saturated rings. The molecule has 1 aliphatic rings. The first-order valence-electron chi connectivity index (χ1n) is 4.25. The Morgan fingerprint density at radius 2 is 2.15 bits per heavy atom. The summed E-state index contributed by atoms with van der Waals surface area (Å²) in [5.74, 6) is 0.764. The third-order valence-electron chi connectivity index (χ3n) is 2.46. The molecule has 1 aliphatic carbocycles. The van der Waals surface area contributed by atoms with Crippen LogP contribution in [0.15, 0.2) is 18.2 Å². The molecule has 3 nitrogen and oxygen atoms in total. The number of hydrogen-bond acceptors (Lipinski definition) is 3. The van der Waals surface area contributed by atoms with Crippen LogP contribution in [-0.2, 0) is 6.42 Å². The van der Waals surface area contributed by atoms with Gasteiger partial charge in [0.05, 0.1) is 13.2 Å². The van der Waals surface area contributed by atoms with Gasteiger partial charge in [0, 0.05) is 6.42 Å². The lowest BCUT2D eigenvalue weighted by Gasteiger charge is -2.07. The largest absolute Gasteiger partial charge is 0.497 e. The van der Waals surface area contributed by atoms with Crippen molar-refractivity contribution in [2.75, 3.05) is 7.11 Å². The van der Waals surface area contributed by atoms with Gasteiger partial charge < -0.3 is 14.9 Å². The van der Waals surface area contributed by atoms with Crippen molar-refractivity contribution in [3.63, 3.8) is 0 Å². The summed E-state index contributed by atoms with van der Waals surface area (Å²) in [5, 5.41) is 18.9. The van der Waals surface area contributed by atoms with Gasteiger partial charge in [0.2, 0.25) is 0 Å². The number of aliphatic hydroxyl groups is 2. The van der Waals surface area contributed by atoms with Gasteiger partial charge in [-0.1, -0.05) is 6.07 Å². The van der Waals surface area contributed by atoms with Crippen LogP contribution in [0.5, 0.6) is 5.75 Å². The van der Waals surface area contributed by atoms with Crippen LogP contribution in [0.2, 0.25) is 0 Å². The van der Waals surface area contributed by atoms with E-state index in [1.165, 1.54) is 0 Å². The maximum absolute atomic E-state index is 9.52. The van der Waals surface area contributed by atoms with Crippen molar-refractivity contribution in [3.05, 3.63) is 29.3 Å². The highest BCUT2D eigenvalue weighted by Gasteiger charge is 2.29. The van der Waals surface area contributed by atoms with Crippen molar-refractivity contribution in [1.29, 1.82) is 0 Å². The Morgan fingerprint density at radius 3 is 2.85 bits per heavy atom. The number of ether oxygens (including phenoxy) is 1. The lowest BCUT2D eigenvalue weighted by Crippen LogP contribution is -2.11. The quantitative estimate of drug-likeness (QED) is 0.667. The van der Waals surface area contributed by atoms with E-state index < -0.39 is 12.2 Å². The Balaban J connectivity index is 2.40. The van der Waals surface area contributed by atoms with Gasteiger partial charge in [-0.15, -0.1) is 0 Å². The second-order valence-electron chi connectivity index (χ2n) is 3.28. The van der Waals surface area contributed by atoms with Crippen molar-refractivity contribution in [1.82, 2.24) is 0 Å². The number of fused-ring (bicyclic) bond motifs is 1.